The fourth-order valence-corrected chi connectivity index (χ4v) is 2.90. The summed E-state index contributed by atoms with van der Waals surface area (Å²) in [6, 6.07) is 7.65. The van der Waals surface area contributed by atoms with Gasteiger partial charge in [-0.1, -0.05) is 25.0 Å². The van der Waals surface area contributed by atoms with Gasteiger partial charge >= 0.3 is 0 Å². The molecule has 19 heavy (non-hydrogen) atoms. The second-order valence-electron chi connectivity index (χ2n) is 5.52. The minimum absolute atomic E-state index is 0.236. The fraction of sp³-hybridized carbons (Fsp3) is 0.533. The van der Waals surface area contributed by atoms with Crippen molar-refractivity contribution < 1.29 is 4.79 Å². The lowest BCUT2D eigenvalue weighted by molar-refractivity contribution is 0.0953. The van der Waals surface area contributed by atoms with E-state index in [0.717, 1.165) is 24.6 Å². The Morgan fingerprint density at radius 2 is 2.16 bits per heavy atom. The zero-order valence-corrected chi connectivity index (χ0v) is 11.6. The largest absolute Gasteiger partial charge is 0.302 e. The van der Waals surface area contributed by atoms with Crippen molar-refractivity contribution in [2.24, 2.45) is 11.8 Å². The minimum Gasteiger partial charge on any atom is -0.302 e. The Kier molecular flexibility index (Phi) is 4.93. The Hall–Kier alpha value is -1.39. The maximum atomic E-state index is 11.5. The molecule has 4 heteroatoms. The maximum Gasteiger partial charge on any atom is 0.265 e. The number of nitrogens with zero attached hydrogens (tertiary/aromatic N) is 1. The average Bonchev–Trinajstić information content (AvgIpc) is 2.90. The van der Waals surface area contributed by atoms with Gasteiger partial charge in [-0.2, -0.15) is 0 Å². The molecule has 4 nitrogen and oxygen atoms in total. The van der Waals surface area contributed by atoms with Crippen molar-refractivity contribution in [2.45, 2.75) is 32.2 Å². The SMILES string of the molecule is CN(Cc1cccc(C(=O)NN)c1)CC1CCCC1. The molecule has 1 aromatic carbocycles. The molecule has 1 aliphatic carbocycles. The summed E-state index contributed by atoms with van der Waals surface area (Å²) >= 11 is 0. The molecule has 1 fully saturated rings. The Balaban J connectivity index is 1.92. The summed E-state index contributed by atoms with van der Waals surface area (Å²) in [7, 11) is 2.15. The number of nitrogens with two attached hydrogens (primary N) is 1. The highest BCUT2D eigenvalue weighted by Gasteiger charge is 2.16. The molecule has 0 radical (unpaired) electrons. The van der Waals surface area contributed by atoms with E-state index in [9.17, 15) is 4.79 Å². The van der Waals surface area contributed by atoms with Crippen LogP contribution in [0.4, 0.5) is 0 Å². The molecule has 0 aromatic heterocycles. The van der Waals surface area contributed by atoms with Crippen LogP contribution in [0.15, 0.2) is 24.3 Å². The number of hydrazine groups is 1. The zero-order valence-electron chi connectivity index (χ0n) is 11.6. The minimum atomic E-state index is -0.236. The lowest BCUT2D eigenvalue weighted by Gasteiger charge is -2.21. The summed E-state index contributed by atoms with van der Waals surface area (Å²) in [5.41, 5.74) is 3.94. The lowest BCUT2D eigenvalue weighted by atomic mass is 10.1. The van der Waals surface area contributed by atoms with E-state index in [1.807, 2.05) is 12.1 Å². The van der Waals surface area contributed by atoms with Gasteiger partial charge < -0.3 is 4.90 Å². The molecule has 0 saturated heterocycles. The summed E-state index contributed by atoms with van der Waals surface area (Å²) in [4.78, 5) is 13.8. The predicted molar refractivity (Wildman–Crippen MR) is 76.4 cm³/mol. The lowest BCUT2D eigenvalue weighted by Crippen LogP contribution is -2.30. The van der Waals surface area contributed by atoms with Crippen LogP contribution in [-0.4, -0.2) is 24.4 Å². The van der Waals surface area contributed by atoms with E-state index in [4.69, 9.17) is 5.84 Å². The molecule has 0 heterocycles. The van der Waals surface area contributed by atoms with E-state index in [-0.39, 0.29) is 5.91 Å². The van der Waals surface area contributed by atoms with Crippen LogP contribution in [0.2, 0.25) is 0 Å². The number of hydrogen-bond acceptors (Lipinski definition) is 3. The number of amides is 1. The molecule has 0 unspecified atom stereocenters. The van der Waals surface area contributed by atoms with Gasteiger partial charge in [-0.05, 0) is 43.5 Å². The van der Waals surface area contributed by atoms with Crippen molar-refractivity contribution in [1.82, 2.24) is 10.3 Å². The van der Waals surface area contributed by atoms with Gasteiger partial charge in [-0.3, -0.25) is 10.2 Å². The Bertz CT molecular complexity index is 427. The molecule has 0 bridgehead atoms. The number of benzene rings is 1. The van der Waals surface area contributed by atoms with Crippen molar-refractivity contribution in [2.75, 3.05) is 13.6 Å². The van der Waals surface area contributed by atoms with E-state index < -0.39 is 0 Å². The number of carbonyl (C=O) groups is 1. The topological polar surface area (TPSA) is 58.4 Å². The van der Waals surface area contributed by atoms with Gasteiger partial charge in [0, 0.05) is 18.7 Å². The number of nitrogens with one attached hydrogen (secondary N) is 1. The van der Waals surface area contributed by atoms with Crippen molar-refractivity contribution in [1.29, 1.82) is 0 Å². The third-order valence-electron chi connectivity index (χ3n) is 3.82. The summed E-state index contributed by atoms with van der Waals surface area (Å²) < 4.78 is 0. The first-order valence-corrected chi connectivity index (χ1v) is 6.97. The van der Waals surface area contributed by atoms with Crippen molar-refractivity contribution >= 4 is 5.91 Å². The van der Waals surface area contributed by atoms with Crippen LogP contribution in [0.5, 0.6) is 0 Å². The molecular weight excluding hydrogens is 238 g/mol. The van der Waals surface area contributed by atoms with Crippen LogP contribution in [0.3, 0.4) is 0 Å². The quantitative estimate of drug-likeness (QED) is 0.483. The third kappa shape index (κ3) is 4.04. The summed E-state index contributed by atoms with van der Waals surface area (Å²) in [6.45, 7) is 2.02. The molecule has 0 aliphatic heterocycles. The Morgan fingerprint density at radius 3 is 2.84 bits per heavy atom. The molecule has 1 saturated carbocycles. The highest BCUT2D eigenvalue weighted by Crippen LogP contribution is 2.25. The summed E-state index contributed by atoms with van der Waals surface area (Å²) in [5, 5.41) is 0. The number of hydrogen-bond donors (Lipinski definition) is 2. The Labute approximate surface area is 114 Å². The van der Waals surface area contributed by atoms with Crippen LogP contribution < -0.4 is 11.3 Å². The van der Waals surface area contributed by atoms with E-state index in [0.29, 0.717) is 5.56 Å². The van der Waals surface area contributed by atoms with Crippen molar-refractivity contribution in [3.63, 3.8) is 0 Å². The smallest absolute Gasteiger partial charge is 0.265 e. The van der Waals surface area contributed by atoms with E-state index >= 15 is 0 Å². The molecular formula is C15H23N3O. The predicted octanol–water partition coefficient (Wildman–Crippen LogP) is 1.91. The van der Waals surface area contributed by atoms with Gasteiger partial charge in [0.1, 0.15) is 0 Å². The van der Waals surface area contributed by atoms with Crippen LogP contribution >= 0.6 is 0 Å². The average molecular weight is 261 g/mol. The van der Waals surface area contributed by atoms with Crippen LogP contribution in [0.1, 0.15) is 41.6 Å². The van der Waals surface area contributed by atoms with Crippen LogP contribution in [-0.2, 0) is 6.54 Å². The second kappa shape index (κ2) is 6.68. The molecule has 0 atom stereocenters. The Morgan fingerprint density at radius 1 is 1.42 bits per heavy atom. The standard InChI is InChI=1S/C15H23N3O/c1-18(10-12-5-2-3-6-12)11-13-7-4-8-14(9-13)15(19)17-16/h4,7-9,12H,2-3,5-6,10-11,16H2,1H3,(H,17,19). The highest BCUT2D eigenvalue weighted by atomic mass is 16.2. The van der Waals surface area contributed by atoms with Crippen LogP contribution in [0.25, 0.3) is 0 Å². The molecule has 0 spiro atoms. The second-order valence-corrected chi connectivity index (χ2v) is 5.52. The van der Waals surface area contributed by atoms with E-state index in [1.165, 1.54) is 25.7 Å². The monoisotopic (exact) mass is 261 g/mol. The molecule has 1 amide bonds. The summed E-state index contributed by atoms with van der Waals surface area (Å²) in [6.07, 6.45) is 5.48. The van der Waals surface area contributed by atoms with E-state index in [1.54, 1.807) is 6.07 Å². The fourth-order valence-electron chi connectivity index (χ4n) is 2.90. The molecule has 1 aromatic rings. The number of carbonyl (C=O) groups excluding carboxylic acids is 1. The number of nitrogen functional groups attached to an aromatic ring is 1. The number of rotatable bonds is 5. The molecule has 104 valence electrons. The van der Waals surface area contributed by atoms with Gasteiger partial charge in [0.2, 0.25) is 0 Å². The normalized spacial score (nSPS) is 15.9. The zero-order chi connectivity index (χ0) is 13.7. The molecule has 3 N–H and O–H groups in total. The van der Waals surface area contributed by atoms with Gasteiger partial charge in [-0.25, -0.2) is 5.84 Å². The first kappa shape index (κ1) is 14.0. The van der Waals surface area contributed by atoms with Crippen molar-refractivity contribution in [3.8, 4) is 0 Å². The first-order valence-electron chi connectivity index (χ1n) is 6.97. The van der Waals surface area contributed by atoms with Gasteiger partial charge in [0.05, 0.1) is 0 Å². The first-order chi connectivity index (χ1) is 9.19. The molecule has 1 aliphatic rings. The third-order valence-corrected chi connectivity index (χ3v) is 3.82. The highest BCUT2D eigenvalue weighted by molar-refractivity contribution is 5.93. The van der Waals surface area contributed by atoms with Gasteiger partial charge in [0.25, 0.3) is 5.91 Å². The van der Waals surface area contributed by atoms with Gasteiger partial charge in [-0.15, -0.1) is 0 Å². The van der Waals surface area contributed by atoms with Crippen LogP contribution in [0, 0.1) is 5.92 Å². The van der Waals surface area contributed by atoms with Gasteiger partial charge in [0.15, 0.2) is 0 Å². The van der Waals surface area contributed by atoms with E-state index in [2.05, 4.69) is 23.4 Å². The summed E-state index contributed by atoms with van der Waals surface area (Å²) in [5.74, 6) is 5.77. The molecule has 2 rings (SSSR count). The van der Waals surface area contributed by atoms with Crippen molar-refractivity contribution in [3.05, 3.63) is 35.4 Å². The maximum absolute atomic E-state index is 11.5.